The summed E-state index contributed by atoms with van der Waals surface area (Å²) < 4.78 is 5.12. The van der Waals surface area contributed by atoms with Crippen LogP contribution in [0.15, 0.2) is 36.7 Å². The van der Waals surface area contributed by atoms with Gasteiger partial charge in [0.1, 0.15) is 12.1 Å². The van der Waals surface area contributed by atoms with Crippen molar-refractivity contribution in [2.24, 2.45) is 0 Å². The lowest BCUT2D eigenvalue weighted by molar-refractivity contribution is 0.0950. The van der Waals surface area contributed by atoms with Crippen molar-refractivity contribution in [2.45, 2.75) is 25.3 Å². The first-order chi connectivity index (χ1) is 10.3. The quantitative estimate of drug-likeness (QED) is 0.914. The van der Waals surface area contributed by atoms with Crippen molar-refractivity contribution in [3.05, 3.63) is 53.6 Å². The molecule has 1 aliphatic carbocycles. The van der Waals surface area contributed by atoms with Gasteiger partial charge in [-0.2, -0.15) is 0 Å². The molecular formula is C16H17N3O2. The van der Waals surface area contributed by atoms with Crippen molar-refractivity contribution in [2.75, 3.05) is 7.11 Å². The molecule has 21 heavy (non-hydrogen) atoms. The lowest BCUT2D eigenvalue weighted by Crippen LogP contribution is -2.23. The van der Waals surface area contributed by atoms with Gasteiger partial charge >= 0.3 is 0 Å². The number of hydrogen-bond acceptors (Lipinski definition) is 4. The number of amides is 1. The van der Waals surface area contributed by atoms with Crippen LogP contribution in [0.25, 0.3) is 0 Å². The van der Waals surface area contributed by atoms with Crippen molar-refractivity contribution in [3.8, 4) is 5.75 Å². The van der Waals surface area contributed by atoms with Crippen LogP contribution in [-0.4, -0.2) is 23.0 Å². The van der Waals surface area contributed by atoms with E-state index in [1.165, 1.54) is 12.8 Å². The molecule has 1 aromatic carbocycles. The third kappa shape index (κ3) is 3.37. The highest BCUT2D eigenvalue weighted by atomic mass is 16.5. The highest BCUT2D eigenvalue weighted by Crippen LogP contribution is 2.38. The second-order valence-corrected chi connectivity index (χ2v) is 5.12. The Hall–Kier alpha value is -2.43. The van der Waals surface area contributed by atoms with Crippen LogP contribution in [0.4, 0.5) is 0 Å². The molecule has 0 unspecified atom stereocenters. The molecule has 1 fully saturated rings. The fourth-order valence-electron chi connectivity index (χ4n) is 2.15. The highest BCUT2D eigenvalue weighted by molar-refractivity contribution is 5.94. The molecule has 1 aliphatic rings. The Balaban J connectivity index is 1.63. The maximum absolute atomic E-state index is 12.1. The fourth-order valence-corrected chi connectivity index (χ4v) is 2.15. The number of carbonyl (C=O) groups is 1. The maximum Gasteiger partial charge on any atom is 0.251 e. The van der Waals surface area contributed by atoms with Crippen LogP contribution in [0, 0.1) is 0 Å². The van der Waals surface area contributed by atoms with E-state index in [1.54, 1.807) is 31.6 Å². The molecule has 0 spiro atoms. The van der Waals surface area contributed by atoms with Gasteiger partial charge in [0, 0.05) is 17.2 Å². The zero-order valence-corrected chi connectivity index (χ0v) is 11.9. The summed E-state index contributed by atoms with van der Waals surface area (Å²) in [6.07, 6.45) is 3.97. The first kappa shape index (κ1) is 13.5. The van der Waals surface area contributed by atoms with Crippen LogP contribution in [0.3, 0.4) is 0 Å². The monoisotopic (exact) mass is 283 g/mol. The molecule has 0 radical (unpaired) electrons. The number of methoxy groups -OCH3 is 1. The smallest absolute Gasteiger partial charge is 0.251 e. The number of benzene rings is 1. The minimum absolute atomic E-state index is 0.138. The first-order valence-electron chi connectivity index (χ1n) is 6.99. The lowest BCUT2D eigenvalue weighted by Gasteiger charge is -2.07. The normalized spacial score (nSPS) is 13.8. The van der Waals surface area contributed by atoms with Gasteiger partial charge in [-0.25, -0.2) is 9.97 Å². The third-order valence-corrected chi connectivity index (χ3v) is 3.50. The SMILES string of the molecule is COc1cccc(C(=O)NCc2cc(C3CC3)ncn2)c1. The van der Waals surface area contributed by atoms with E-state index in [2.05, 4.69) is 15.3 Å². The average Bonchev–Trinajstić information content (AvgIpc) is 3.38. The number of rotatable bonds is 5. The maximum atomic E-state index is 12.1. The molecule has 1 aromatic heterocycles. The minimum Gasteiger partial charge on any atom is -0.497 e. The molecule has 0 atom stereocenters. The Bertz CT molecular complexity index is 653. The number of aromatic nitrogens is 2. The van der Waals surface area contributed by atoms with E-state index >= 15 is 0 Å². The van der Waals surface area contributed by atoms with Crippen molar-refractivity contribution in [1.29, 1.82) is 0 Å². The zero-order valence-electron chi connectivity index (χ0n) is 11.9. The van der Waals surface area contributed by atoms with Gasteiger partial charge in [0.05, 0.1) is 19.3 Å². The van der Waals surface area contributed by atoms with E-state index in [4.69, 9.17) is 4.74 Å². The summed E-state index contributed by atoms with van der Waals surface area (Å²) in [6.45, 7) is 0.401. The van der Waals surface area contributed by atoms with Gasteiger partial charge < -0.3 is 10.1 Å². The van der Waals surface area contributed by atoms with Gasteiger partial charge in [-0.05, 0) is 37.1 Å². The molecule has 1 amide bonds. The summed E-state index contributed by atoms with van der Waals surface area (Å²) in [7, 11) is 1.58. The van der Waals surface area contributed by atoms with Gasteiger partial charge in [0.15, 0.2) is 0 Å². The molecule has 2 aromatic rings. The zero-order chi connectivity index (χ0) is 14.7. The van der Waals surface area contributed by atoms with Crippen molar-refractivity contribution in [3.63, 3.8) is 0 Å². The van der Waals surface area contributed by atoms with Crippen molar-refractivity contribution < 1.29 is 9.53 Å². The van der Waals surface area contributed by atoms with Crippen LogP contribution < -0.4 is 10.1 Å². The third-order valence-electron chi connectivity index (χ3n) is 3.50. The fraction of sp³-hybridized carbons (Fsp3) is 0.312. The predicted octanol–water partition coefficient (Wildman–Crippen LogP) is 2.29. The summed E-state index contributed by atoms with van der Waals surface area (Å²) in [6, 6.07) is 9.05. The molecule has 5 heteroatoms. The van der Waals surface area contributed by atoms with Crippen LogP contribution in [-0.2, 0) is 6.54 Å². The van der Waals surface area contributed by atoms with Gasteiger partial charge in [-0.15, -0.1) is 0 Å². The number of hydrogen-bond donors (Lipinski definition) is 1. The average molecular weight is 283 g/mol. The molecule has 0 aliphatic heterocycles. The van der Waals surface area contributed by atoms with E-state index in [0.717, 1.165) is 11.4 Å². The molecule has 1 N–H and O–H groups in total. The number of nitrogens with one attached hydrogen (secondary N) is 1. The van der Waals surface area contributed by atoms with Crippen LogP contribution in [0.2, 0.25) is 0 Å². The second kappa shape index (κ2) is 5.91. The Morgan fingerprint density at radius 1 is 1.33 bits per heavy atom. The Morgan fingerprint density at radius 2 is 2.19 bits per heavy atom. The first-order valence-corrected chi connectivity index (χ1v) is 6.99. The van der Waals surface area contributed by atoms with Crippen molar-refractivity contribution in [1.82, 2.24) is 15.3 Å². The second-order valence-electron chi connectivity index (χ2n) is 5.12. The van der Waals surface area contributed by atoms with E-state index in [0.29, 0.717) is 23.8 Å². The van der Waals surface area contributed by atoms with E-state index in [-0.39, 0.29) is 5.91 Å². The van der Waals surface area contributed by atoms with Crippen LogP contribution in [0.5, 0.6) is 5.75 Å². The minimum atomic E-state index is -0.138. The molecule has 1 heterocycles. The largest absolute Gasteiger partial charge is 0.497 e. The summed E-state index contributed by atoms with van der Waals surface area (Å²) in [4.78, 5) is 20.6. The van der Waals surface area contributed by atoms with E-state index < -0.39 is 0 Å². The topological polar surface area (TPSA) is 64.1 Å². The molecule has 0 saturated heterocycles. The Morgan fingerprint density at radius 3 is 2.95 bits per heavy atom. The summed E-state index contributed by atoms with van der Waals surface area (Å²) in [5.41, 5.74) is 2.49. The molecule has 5 nitrogen and oxygen atoms in total. The van der Waals surface area contributed by atoms with Gasteiger partial charge in [-0.3, -0.25) is 4.79 Å². The van der Waals surface area contributed by atoms with Gasteiger partial charge in [-0.1, -0.05) is 6.07 Å². The molecule has 3 rings (SSSR count). The van der Waals surface area contributed by atoms with Gasteiger partial charge in [0.2, 0.25) is 0 Å². The molecular weight excluding hydrogens is 266 g/mol. The summed E-state index contributed by atoms with van der Waals surface area (Å²) in [5.74, 6) is 1.11. The lowest BCUT2D eigenvalue weighted by atomic mass is 10.2. The van der Waals surface area contributed by atoms with Crippen molar-refractivity contribution >= 4 is 5.91 Å². The predicted molar refractivity (Wildman–Crippen MR) is 78.2 cm³/mol. The van der Waals surface area contributed by atoms with E-state index in [1.807, 2.05) is 12.1 Å². The standard InChI is InChI=1S/C16H17N3O2/c1-21-14-4-2-3-12(7-14)16(20)17-9-13-8-15(11-5-6-11)19-10-18-13/h2-4,7-8,10-11H,5-6,9H2,1H3,(H,17,20). The van der Waals surface area contributed by atoms with Crippen LogP contribution >= 0.6 is 0 Å². The molecule has 1 saturated carbocycles. The van der Waals surface area contributed by atoms with E-state index in [9.17, 15) is 4.79 Å². The number of carbonyl (C=O) groups excluding carboxylic acids is 1. The molecule has 108 valence electrons. The van der Waals surface area contributed by atoms with Crippen LogP contribution in [0.1, 0.15) is 40.5 Å². The summed E-state index contributed by atoms with van der Waals surface area (Å²) in [5, 5.41) is 2.87. The molecule has 0 bridgehead atoms. The Kier molecular flexibility index (Phi) is 3.81. The van der Waals surface area contributed by atoms with Gasteiger partial charge in [0.25, 0.3) is 5.91 Å². The highest BCUT2D eigenvalue weighted by Gasteiger charge is 2.25. The number of ether oxygens (including phenoxy) is 1. The Labute approximate surface area is 123 Å². The summed E-state index contributed by atoms with van der Waals surface area (Å²) >= 11 is 0. The number of nitrogens with zero attached hydrogens (tertiary/aromatic N) is 2.